The van der Waals surface area contributed by atoms with Crippen LogP contribution in [-0.4, -0.2) is 17.0 Å². The van der Waals surface area contributed by atoms with Gasteiger partial charge in [0.15, 0.2) is 5.60 Å². The fourth-order valence-electron chi connectivity index (χ4n) is 5.99. The lowest BCUT2D eigenvalue weighted by atomic mass is 9.79. The highest BCUT2D eigenvalue weighted by Crippen LogP contribution is 2.47. The fourth-order valence-corrected chi connectivity index (χ4v) is 5.99. The van der Waals surface area contributed by atoms with Crippen LogP contribution in [-0.2, 0) is 15.2 Å². The average Bonchev–Trinajstić information content (AvgIpc) is 3.05. The normalized spacial score (nSPS) is 16.4. The molecule has 1 aliphatic rings. The molecule has 1 fully saturated rings. The molecule has 5 nitrogen and oxygen atoms in total. The molecule has 6 heteroatoms. The minimum Gasteiger partial charge on any atom is -0.481 e. The predicted octanol–water partition coefficient (Wildman–Crippen LogP) is 7.77. The van der Waals surface area contributed by atoms with Crippen molar-refractivity contribution in [2.45, 2.75) is 24.5 Å². The number of carboxylic acids is 1. The molecule has 0 spiro atoms. The number of halogens is 1. The van der Waals surface area contributed by atoms with E-state index >= 15 is 0 Å². The van der Waals surface area contributed by atoms with Crippen LogP contribution in [0.4, 0.5) is 10.1 Å². The van der Waals surface area contributed by atoms with Crippen LogP contribution in [0.5, 0.6) is 5.75 Å². The van der Waals surface area contributed by atoms with E-state index < -0.39 is 23.3 Å². The van der Waals surface area contributed by atoms with Gasteiger partial charge in [0.1, 0.15) is 11.6 Å². The number of benzene rings is 5. The highest BCUT2D eigenvalue weighted by atomic mass is 19.1. The Labute approximate surface area is 249 Å². The fraction of sp³-hybridized carbons (Fsp3) is 0.135. The second kappa shape index (κ2) is 11.9. The second-order valence-electron chi connectivity index (χ2n) is 10.6. The third-order valence-electron chi connectivity index (χ3n) is 8.02. The molecule has 1 N–H and O–H groups in total. The van der Waals surface area contributed by atoms with Crippen LogP contribution in [0.1, 0.15) is 41.1 Å². The van der Waals surface area contributed by atoms with Crippen molar-refractivity contribution >= 4 is 17.6 Å². The molecule has 1 heterocycles. The van der Waals surface area contributed by atoms with E-state index in [1.807, 2.05) is 78.9 Å². The number of amides is 1. The second-order valence-corrected chi connectivity index (χ2v) is 10.6. The lowest BCUT2D eigenvalue weighted by molar-refractivity contribution is -0.138. The third kappa shape index (κ3) is 5.40. The average molecular weight is 572 g/mol. The van der Waals surface area contributed by atoms with Crippen LogP contribution in [0.15, 0.2) is 140 Å². The van der Waals surface area contributed by atoms with E-state index in [2.05, 4.69) is 36.4 Å². The minimum atomic E-state index is -0.949. The molecule has 0 aromatic heterocycles. The zero-order chi connectivity index (χ0) is 29.8. The largest absolute Gasteiger partial charge is 0.481 e. The van der Waals surface area contributed by atoms with Gasteiger partial charge in [-0.05, 0) is 48.4 Å². The molecule has 1 aliphatic heterocycles. The summed E-state index contributed by atoms with van der Waals surface area (Å²) in [7, 11) is 0. The van der Waals surface area contributed by atoms with E-state index in [1.165, 1.54) is 12.1 Å². The van der Waals surface area contributed by atoms with Crippen LogP contribution >= 0.6 is 0 Å². The van der Waals surface area contributed by atoms with Gasteiger partial charge in [-0.15, -0.1) is 0 Å². The molecule has 0 aliphatic carbocycles. The van der Waals surface area contributed by atoms with Gasteiger partial charge in [-0.1, -0.05) is 103 Å². The summed E-state index contributed by atoms with van der Waals surface area (Å²) in [5.74, 6) is -1.38. The van der Waals surface area contributed by atoms with Gasteiger partial charge in [-0.25, -0.2) is 4.39 Å². The van der Waals surface area contributed by atoms with Crippen LogP contribution in [0, 0.1) is 11.7 Å². The van der Waals surface area contributed by atoms with Gasteiger partial charge in [0.25, 0.3) is 0 Å². The van der Waals surface area contributed by atoms with E-state index in [-0.39, 0.29) is 24.8 Å². The number of carbonyl (C=O) groups is 2. The zero-order valence-corrected chi connectivity index (χ0v) is 23.3. The summed E-state index contributed by atoms with van der Waals surface area (Å²) < 4.78 is 20.6. The number of aliphatic carboxylic acids is 1. The summed E-state index contributed by atoms with van der Waals surface area (Å²) >= 11 is 0. The first-order valence-corrected chi connectivity index (χ1v) is 14.2. The number of carboxylic acid groups (broad SMARTS) is 1. The maximum Gasteiger partial charge on any atom is 0.303 e. The van der Waals surface area contributed by atoms with Crippen molar-refractivity contribution in [1.29, 1.82) is 0 Å². The highest BCUT2D eigenvalue weighted by molar-refractivity contribution is 6.03. The number of ether oxygens (including phenoxy) is 1. The Hall–Kier alpha value is -5.23. The molecular formula is C37H30FNO4. The molecule has 1 amide bonds. The summed E-state index contributed by atoms with van der Waals surface area (Å²) in [4.78, 5) is 26.1. The highest BCUT2D eigenvalue weighted by Gasteiger charge is 2.48. The Morgan fingerprint density at radius 2 is 1.21 bits per heavy atom. The van der Waals surface area contributed by atoms with Gasteiger partial charge in [0, 0.05) is 28.8 Å². The molecule has 1 saturated heterocycles. The smallest absolute Gasteiger partial charge is 0.303 e. The Balaban J connectivity index is 1.39. The lowest BCUT2D eigenvalue weighted by Gasteiger charge is -2.47. The maximum absolute atomic E-state index is 13.6. The molecule has 5 aromatic rings. The minimum absolute atomic E-state index is 0.112. The molecule has 6 rings (SSSR count). The monoisotopic (exact) mass is 571 g/mol. The molecule has 2 unspecified atom stereocenters. The Kier molecular flexibility index (Phi) is 7.75. The summed E-state index contributed by atoms with van der Waals surface area (Å²) in [5.41, 5.74) is 3.38. The lowest BCUT2D eigenvalue weighted by Crippen LogP contribution is -2.55. The number of hydrogen-bond donors (Lipinski definition) is 1. The molecular weight excluding hydrogens is 541 g/mol. The first-order chi connectivity index (χ1) is 21.0. The van der Waals surface area contributed by atoms with E-state index in [0.29, 0.717) is 11.4 Å². The first-order valence-electron chi connectivity index (χ1n) is 14.2. The molecule has 2 atom stereocenters. The third-order valence-corrected chi connectivity index (χ3v) is 8.02. The van der Waals surface area contributed by atoms with Gasteiger partial charge in [0.2, 0.25) is 5.91 Å². The molecule has 214 valence electrons. The SMILES string of the molecule is O=C(O)CCC1C(=O)N(c2ccc(F)cc2)C1c1ccc(OC(c2ccccc2)(c2ccccc2)c2ccccc2)cc1. The molecule has 0 bridgehead atoms. The summed E-state index contributed by atoms with van der Waals surface area (Å²) in [6, 6.07) is 43.3. The van der Waals surface area contributed by atoms with Gasteiger partial charge in [0.05, 0.1) is 12.0 Å². The Morgan fingerprint density at radius 3 is 1.67 bits per heavy atom. The number of nitrogens with zero attached hydrogens (tertiary/aromatic N) is 1. The van der Waals surface area contributed by atoms with Crippen LogP contribution in [0.2, 0.25) is 0 Å². The molecule has 0 radical (unpaired) electrons. The van der Waals surface area contributed by atoms with Crippen molar-refractivity contribution in [2.75, 3.05) is 4.90 Å². The van der Waals surface area contributed by atoms with Crippen molar-refractivity contribution < 1.29 is 23.8 Å². The van der Waals surface area contributed by atoms with Crippen molar-refractivity contribution in [3.8, 4) is 5.75 Å². The Morgan fingerprint density at radius 1 is 0.721 bits per heavy atom. The number of hydrogen-bond acceptors (Lipinski definition) is 3. The van der Waals surface area contributed by atoms with Crippen LogP contribution < -0.4 is 9.64 Å². The zero-order valence-electron chi connectivity index (χ0n) is 23.3. The van der Waals surface area contributed by atoms with Crippen LogP contribution in [0.25, 0.3) is 0 Å². The maximum atomic E-state index is 13.6. The quantitative estimate of drug-likeness (QED) is 0.137. The number of β-lactam (4-membered cyclic amide) rings is 1. The predicted molar refractivity (Wildman–Crippen MR) is 163 cm³/mol. The Bertz CT molecular complexity index is 1590. The van der Waals surface area contributed by atoms with Crippen molar-refractivity contribution in [2.24, 2.45) is 5.92 Å². The summed E-state index contributed by atoms with van der Waals surface area (Å²) in [6.45, 7) is 0. The van der Waals surface area contributed by atoms with E-state index in [4.69, 9.17) is 4.74 Å². The van der Waals surface area contributed by atoms with Crippen molar-refractivity contribution in [1.82, 2.24) is 0 Å². The molecule has 43 heavy (non-hydrogen) atoms. The topological polar surface area (TPSA) is 66.8 Å². The molecule has 5 aromatic carbocycles. The van der Waals surface area contributed by atoms with Crippen molar-refractivity contribution in [3.05, 3.63) is 168 Å². The number of rotatable bonds is 10. The van der Waals surface area contributed by atoms with Gasteiger partial charge in [-0.3, -0.25) is 9.59 Å². The van der Waals surface area contributed by atoms with Gasteiger partial charge >= 0.3 is 5.97 Å². The molecule has 0 saturated carbocycles. The van der Waals surface area contributed by atoms with Gasteiger partial charge < -0.3 is 14.7 Å². The van der Waals surface area contributed by atoms with Crippen LogP contribution in [0.3, 0.4) is 0 Å². The number of carbonyl (C=O) groups excluding carboxylic acids is 1. The van der Waals surface area contributed by atoms with E-state index in [1.54, 1.807) is 17.0 Å². The van der Waals surface area contributed by atoms with Gasteiger partial charge in [-0.2, -0.15) is 0 Å². The van der Waals surface area contributed by atoms with E-state index in [9.17, 15) is 19.1 Å². The number of anilines is 1. The standard InChI is InChI=1S/C37H30FNO4/c38-30-18-20-31(21-19-30)39-35(33(36(39)42)24-25-34(40)41)26-16-22-32(23-17-26)43-37(27-10-4-1-5-11-27,28-12-6-2-7-13-28)29-14-8-3-9-15-29/h1-23,33,35H,24-25H2,(H,40,41). The first kappa shape index (κ1) is 27.9. The summed E-state index contributed by atoms with van der Waals surface area (Å²) in [6.07, 6.45) is 0.104. The van der Waals surface area contributed by atoms with Crippen molar-refractivity contribution in [3.63, 3.8) is 0 Å². The summed E-state index contributed by atoms with van der Waals surface area (Å²) in [5, 5.41) is 9.28. The van der Waals surface area contributed by atoms with E-state index in [0.717, 1.165) is 22.3 Å².